The van der Waals surface area contributed by atoms with Gasteiger partial charge in [0.1, 0.15) is 0 Å². The summed E-state index contributed by atoms with van der Waals surface area (Å²) >= 11 is 0. The van der Waals surface area contributed by atoms with Gasteiger partial charge in [0.15, 0.2) is 5.96 Å². The maximum atomic E-state index is 11.0. The first kappa shape index (κ1) is 21.4. The van der Waals surface area contributed by atoms with Crippen LogP contribution in [0.1, 0.15) is 18.9 Å². The Bertz CT molecular complexity index is 606. The molecule has 0 heterocycles. The van der Waals surface area contributed by atoms with E-state index in [1.54, 1.807) is 7.05 Å². The number of hydrogen-bond acceptors (Lipinski definition) is 4. The van der Waals surface area contributed by atoms with Crippen LogP contribution in [0.5, 0.6) is 0 Å². The Kier molecular flexibility index (Phi) is 10.1. The molecule has 142 valence electrons. The SMILES string of the molecule is CN=C(NCCCNS(C)(=O)=O)NCC(C)COCc1ccccc1. The van der Waals surface area contributed by atoms with Gasteiger partial charge in [0.05, 0.1) is 19.5 Å². The molecule has 1 atom stereocenters. The number of nitrogens with one attached hydrogen (secondary N) is 3. The molecule has 8 heteroatoms. The average molecular weight is 371 g/mol. The van der Waals surface area contributed by atoms with Gasteiger partial charge in [-0.05, 0) is 17.9 Å². The van der Waals surface area contributed by atoms with Crippen LogP contribution in [0.25, 0.3) is 0 Å². The molecule has 0 aromatic heterocycles. The molecule has 0 bridgehead atoms. The second kappa shape index (κ2) is 11.8. The fraction of sp³-hybridized carbons (Fsp3) is 0.588. The first-order chi connectivity index (χ1) is 11.9. The number of ether oxygens (including phenoxy) is 1. The Morgan fingerprint density at radius 2 is 1.92 bits per heavy atom. The Balaban J connectivity index is 2.12. The molecule has 0 saturated carbocycles. The number of sulfonamides is 1. The van der Waals surface area contributed by atoms with Crippen molar-refractivity contribution >= 4 is 16.0 Å². The molecule has 0 radical (unpaired) electrons. The Morgan fingerprint density at radius 3 is 2.56 bits per heavy atom. The lowest BCUT2D eigenvalue weighted by molar-refractivity contribution is 0.0931. The molecule has 1 aromatic rings. The van der Waals surface area contributed by atoms with E-state index >= 15 is 0 Å². The van der Waals surface area contributed by atoms with Crippen LogP contribution in [-0.2, 0) is 21.4 Å². The van der Waals surface area contributed by atoms with Gasteiger partial charge < -0.3 is 15.4 Å². The van der Waals surface area contributed by atoms with E-state index in [4.69, 9.17) is 4.74 Å². The lowest BCUT2D eigenvalue weighted by Crippen LogP contribution is -2.41. The minimum atomic E-state index is -3.12. The van der Waals surface area contributed by atoms with Gasteiger partial charge in [-0.1, -0.05) is 37.3 Å². The summed E-state index contributed by atoms with van der Waals surface area (Å²) in [6.45, 7) is 5.19. The number of guanidine groups is 1. The minimum Gasteiger partial charge on any atom is -0.376 e. The molecule has 1 unspecified atom stereocenters. The fourth-order valence-corrected chi connectivity index (χ4v) is 2.57. The highest BCUT2D eigenvalue weighted by atomic mass is 32.2. The van der Waals surface area contributed by atoms with Crippen LogP contribution < -0.4 is 15.4 Å². The molecule has 25 heavy (non-hydrogen) atoms. The highest BCUT2D eigenvalue weighted by Crippen LogP contribution is 2.02. The van der Waals surface area contributed by atoms with E-state index in [1.807, 2.05) is 30.3 Å². The van der Waals surface area contributed by atoms with Gasteiger partial charge >= 0.3 is 0 Å². The molecular formula is C17H30N4O3S. The Labute approximate surface area is 151 Å². The minimum absolute atomic E-state index is 0.342. The third kappa shape index (κ3) is 11.5. The monoisotopic (exact) mass is 370 g/mol. The van der Waals surface area contributed by atoms with E-state index in [2.05, 4.69) is 27.3 Å². The van der Waals surface area contributed by atoms with Crippen LogP contribution in [0.4, 0.5) is 0 Å². The van der Waals surface area contributed by atoms with E-state index in [-0.39, 0.29) is 0 Å². The molecule has 1 aromatic carbocycles. The molecule has 0 spiro atoms. The van der Waals surface area contributed by atoms with E-state index in [1.165, 1.54) is 5.56 Å². The van der Waals surface area contributed by atoms with Crippen molar-refractivity contribution in [2.24, 2.45) is 10.9 Å². The fourth-order valence-electron chi connectivity index (χ4n) is 2.06. The second-order valence-corrected chi connectivity index (χ2v) is 7.84. The topological polar surface area (TPSA) is 91.8 Å². The van der Waals surface area contributed by atoms with Crippen molar-refractivity contribution in [3.05, 3.63) is 35.9 Å². The van der Waals surface area contributed by atoms with Crippen molar-refractivity contribution in [2.75, 3.05) is 39.5 Å². The summed E-state index contributed by atoms with van der Waals surface area (Å²) < 4.78 is 30.1. The smallest absolute Gasteiger partial charge is 0.208 e. The van der Waals surface area contributed by atoms with Crippen molar-refractivity contribution in [2.45, 2.75) is 20.0 Å². The van der Waals surface area contributed by atoms with Crippen LogP contribution >= 0.6 is 0 Å². The van der Waals surface area contributed by atoms with Gasteiger partial charge in [0.25, 0.3) is 0 Å². The zero-order chi connectivity index (χ0) is 18.5. The molecule has 1 rings (SSSR count). The predicted octanol–water partition coefficient (Wildman–Crippen LogP) is 0.944. The summed E-state index contributed by atoms with van der Waals surface area (Å²) in [6, 6.07) is 10.1. The van der Waals surface area contributed by atoms with Crippen molar-refractivity contribution in [3.63, 3.8) is 0 Å². The summed E-state index contributed by atoms with van der Waals surface area (Å²) in [5.41, 5.74) is 1.17. The van der Waals surface area contributed by atoms with Gasteiger partial charge in [0, 0.05) is 26.7 Å². The van der Waals surface area contributed by atoms with E-state index in [0.717, 1.165) is 12.8 Å². The molecule has 0 fully saturated rings. The zero-order valence-electron chi connectivity index (χ0n) is 15.3. The number of rotatable bonds is 11. The van der Waals surface area contributed by atoms with Crippen LogP contribution in [-0.4, -0.2) is 53.9 Å². The van der Waals surface area contributed by atoms with Crippen LogP contribution in [0.3, 0.4) is 0 Å². The summed E-state index contributed by atoms with van der Waals surface area (Å²) in [6.07, 6.45) is 1.84. The molecule has 0 amide bonds. The van der Waals surface area contributed by atoms with Crippen molar-refractivity contribution in [1.82, 2.24) is 15.4 Å². The molecule has 0 saturated heterocycles. The number of benzene rings is 1. The standard InChI is InChI=1S/C17H30N4O3S/c1-15(13-24-14-16-8-5-4-6-9-16)12-20-17(18-2)19-10-7-11-21-25(3,22)23/h4-6,8-9,15,21H,7,10-14H2,1-3H3,(H2,18,19,20). The van der Waals surface area contributed by atoms with Crippen molar-refractivity contribution in [1.29, 1.82) is 0 Å². The normalized spacial score (nSPS) is 13.5. The molecule has 0 aliphatic rings. The van der Waals surface area contributed by atoms with E-state index in [0.29, 0.717) is 44.6 Å². The van der Waals surface area contributed by atoms with Gasteiger partial charge in [-0.25, -0.2) is 13.1 Å². The third-order valence-electron chi connectivity index (χ3n) is 3.37. The van der Waals surface area contributed by atoms with Gasteiger partial charge in [-0.3, -0.25) is 4.99 Å². The third-order valence-corrected chi connectivity index (χ3v) is 4.09. The summed E-state index contributed by atoms with van der Waals surface area (Å²) in [5, 5.41) is 6.40. The molecule has 0 aliphatic carbocycles. The zero-order valence-corrected chi connectivity index (χ0v) is 16.1. The van der Waals surface area contributed by atoms with E-state index < -0.39 is 10.0 Å². The molecule has 7 nitrogen and oxygen atoms in total. The van der Waals surface area contributed by atoms with Gasteiger partial charge in [-0.15, -0.1) is 0 Å². The Hall–Kier alpha value is -1.64. The van der Waals surface area contributed by atoms with Crippen LogP contribution in [0, 0.1) is 5.92 Å². The average Bonchev–Trinajstić information content (AvgIpc) is 2.57. The Morgan fingerprint density at radius 1 is 1.20 bits per heavy atom. The number of nitrogens with zero attached hydrogens (tertiary/aromatic N) is 1. The highest BCUT2D eigenvalue weighted by Gasteiger charge is 2.05. The predicted molar refractivity (Wildman–Crippen MR) is 102 cm³/mol. The van der Waals surface area contributed by atoms with Crippen molar-refractivity contribution in [3.8, 4) is 0 Å². The largest absolute Gasteiger partial charge is 0.376 e. The van der Waals surface area contributed by atoms with Crippen molar-refractivity contribution < 1.29 is 13.2 Å². The van der Waals surface area contributed by atoms with Gasteiger partial charge in [-0.2, -0.15) is 0 Å². The number of aliphatic imine (C=N–C) groups is 1. The van der Waals surface area contributed by atoms with Gasteiger partial charge in [0.2, 0.25) is 10.0 Å². The lowest BCUT2D eigenvalue weighted by Gasteiger charge is -2.16. The molecular weight excluding hydrogens is 340 g/mol. The first-order valence-electron chi connectivity index (χ1n) is 8.41. The quantitative estimate of drug-likeness (QED) is 0.306. The lowest BCUT2D eigenvalue weighted by atomic mass is 10.2. The number of hydrogen-bond donors (Lipinski definition) is 3. The summed E-state index contributed by atoms with van der Waals surface area (Å²) in [7, 11) is -1.41. The highest BCUT2D eigenvalue weighted by molar-refractivity contribution is 7.88. The second-order valence-electron chi connectivity index (χ2n) is 6.01. The first-order valence-corrected chi connectivity index (χ1v) is 10.3. The summed E-state index contributed by atoms with van der Waals surface area (Å²) in [5.74, 6) is 1.04. The van der Waals surface area contributed by atoms with Crippen LogP contribution in [0.2, 0.25) is 0 Å². The maximum Gasteiger partial charge on any atom is 0.208 e. The summed E-state index contributed by atoms with van der Waals surface area (Å²) in [4.78, 5) is 4.15. The molecule has 0 aliphatic heterocycles. The molecule has 3 N–H and O–H groups in total. The van der Waals surface area contributed by atoms with Crippen LogP contribution in [0.15, 0.2) is 35.3 Å². The maximum absolute atomic E-state index is 11.0. The van der Waals surface area contributed by atoms with E-state index in [9.17, 15) is 8.42 Å².